The second-order valence-electron chi connectivity index (χ2n) is 6.34. The predicted octanol–water partition coefficient (Wildman–Crippen LogP) is 0.609. The monoisotopic (exact) mass is 386 g/mol. The number of hydrogen-bond acceptors (Lipinski definition) is 8. The van der Waals surface area contributed by atoms with Crippen LogP contribution >= 0.6 is 12.2 Å². The average molecular weight is 386 g/mol. The van der Waals surface area contributed by atoms with E-state index in [2.05, 4.69) is 20.2 Å². The van der Waals surface area contributed by atoms with Crippen molar-refractivity contribution >= 4 is 35.0 Å². The van der Waals surface area contributed by atoms with Gasteiger partial charge in [-0.15, -0.1) is 0 Å². The Labute approximate surface area is 163 Å². The summed E-state index contributed by atoms with van der Waals surface area (Å²) in [6.07, 6.45) is 4.22. The molecule has 10 heteroatoms. The maximum Gasteiger partial charge on any atom is 0.228 e. The summed E-state index contributed by atoms with van der Waals surface area (Å²) in [5, 5.41) is 3.90. The van der Waals surface area contributed by atoms with Crippen LogP contribution in [0.2, 0.25) is 0 Å². The molecule has 0 spiro atoms. The molecule has 142 valence electrons. The van der Waals surface area contributed by atoms with Crippen LogP contribution in [0.15, 0.2) is 12.4 Å². The van der Waals surface area contributed by atoms with Crippen LogP contribution in [0.3, 0.4) is 0 Å². The molecule has 0 saturated carbocycles. The van der Waals surface area contributed by atoms with Crippen molar-refractivity contribution in [3.05, 3.63) is 18.0 Å². The molecule has 9 nitrogen and oxygen atoms in total. The summed E-state index contributed by atoms with van der Waals surface area (Å²) in [5.41, 5.74) is 8.37. The van der Waals surface area contributed by atoms with Crippen molar-refractivity contribution in [2.75, 3.05) is 54.9 Å². The minimum absolute atomic E-state index is 0.243. The molecule has 1 fully saturated rings. The van der Waals surface area contributed by atoms with Gasteiger partial charge >= 0.3 is 0 Å². The second-order valence-corrected chi connectivity index (χ2v) is 6.73. The third-order valence-electron chi connectivity index (χ3n) is 4.63. The maximum atomic E-state index is 5.65. The Kier molecular flexibility index (Phi) is 4.99. The van der Waals surface area contributed by atoms with Crippen LogP contribution in [0.4, 0.5) is 17.7 Å². The molecule has 0 amide bonds. The van der Waals surface area contributed by atoms with Gasteiger partial charge in [-0.3, -0.25) is 0 Å². The van der Waals surface area contributed by atoms with Gasteiger partial charge in [-0.1, -0.05) is 0 Å². The molecule has 0 atom stereocenters. The van der Waals surface area contributed by atoms with Crippen LogP contribution in [0.5, 0.6) is 0 Å². The first-order valence-electron chi connectivity index (χ1n) is 9.04. The summed E-state index contributed by atoms with van der Waals surface area (Å²) in [6, 6.07) is 0. The van der Waals surface area contributed by atoms with E-state index in [1.165, 1.54) is 0 Å². The molecule has 0 bridgehead atoms. The van der Waals surface area contributed by atoms with Crippen LogP contribution in [0, 0.1) is 0 Å². The SMILES string of the molecule is CCNC(=S)N1CCc2c(-c3cnc(N)nc3)nc(N3CCOCC3)nc21. The molecule has 1 saturated heterocycles. The highest BCUT2D eigenvalue weighted by Gasteiger charge is 2.30. The van der Waals surface area contributed by atoms with Crippen molar-refractivity contribution in [3.8, 4) is 11.3 Å². The Morgan fingerprint density at radius 2 is 1.96 bits per heavy atom. The molecular weight excluding hydrogens is 364 g/mol. The Bertz CT molecular complexity index is 838. The Hall–Kier alpha value is -2.59. The number of rotatable bonds is 3. The number of nitrogens with zero attached hydrogens (tertiary/aromatic N) is 6. The fourth-order valence-corrected chi connectivity index (χ4v) is 3.61. The molecule has 0 radical (unpaired) electrons. The van der Waals surface area contributed by atoms with Gasteiger partial charge in [0, 0.05) is 49.7 Å². The summed E-state index contributed by atoms with van der Waals surface area (Å²) in [4.78, 5) is 22.1. The second kappa shape index (κ2) is 7.57. The number of aromatic nitrogens is 4. The van der Waals surface area contributed by atoms with Gasteiger partial charge in [-0.05, 0) is 25.6 Å². The summed E-state index contributed by atoms with van der Waals surface area (Å²) in [6.45, 7) is 6.42. The lowest BCUT2D eigenvalue weighted by atomic mass is 10.1. The van der Waals surface area contributed by atoms with Crippen LogP contribution in [0.25, 0.3) is 11.3 Å². The highest BCUT2D eigenvalue weighted by molar-refractivity contribution is 7.80. The topological polar surface area (TPSA) is 105 Å². The molecule has 2 aromatic heterocycles. The van der Waals surface area contributed by atoms with Crippen molar-refractivity contribution in [1.82, 2.24) is 25.3 Å². The number of ether oxygens (including phenoxy) is 1. The van der Waals surface area contributed by atoms with Crippen molar-refractivity contribution < 1.29 is 4.74 Å². The number of nitrogens with two attached hydrogens (primary N) is 1. The lowest BCUT2D eigenvalue weighted by Crippen LogP contribution is -2.40. The van der Waals surface area contributed by atoms with Gasteiger partial charge in [0.15, 0.2) is 5.11 Å². The Balaban J connectivity index is 1.80. The van der Waals surface area contributed by atoms with E-state index in [1.54, 1.807) is 12.4 Å². The summed E-state index contributed by atoms with van der Waals surface area (Å²) in [5.74, 6) is 1.77. The van der Waals surface area contributed by atoms with Gasteiger partial charge in [-0.2, -0.15) is 4.98 Å². The molecular formula is C17H22N8OS. The number of nitrogens with one attached hydrogen (secondary N) is 1. The summed E-state index contributed by atoms with van der Waals surface area (Å²) >= 11 is 5.55. The fourth-order valence-electron chi connectivity index (χ4n) is 3.29. The number of hydrogen-bond donors (Lipinski definition) is 2. The molecule has 0 aromatic carbocycles. The molecule has 2 aromatic rings. The quantitative estimate of drug-likeness (QED) is 0.729. The van der Waals surface area contributed by atoms with E-state index in [0.717, 1.165) is 55.2 Å². The van der Waals surface area contributed by atoms with Crippen LogP contribution in [-0.2, 0) is 11.2 Å². The Morgan fingerprint density at radius 3 is 2.67 bits per heavy atom. The minimum Gasteiger partial charge on any atom is -0.378 e. The van der Waals surface area contributed by atoms with Gasteiger partial charge in [0.2, 0.25) is 11.9 Å². The third-order valence-corrected chi connectivity index (χ3v) is 4.99. The van der Waals surface area contributed by atoms with Crippen LogP contribution in [-0.4, -0.2) is 64.4 Å². The molecule has 4 heterocycles. The highest BCUT2D eigenvalue weighted by Crippen LogP contribution is 2.35. The number of anilines is 3. The first-order valence-corrected chi connectivity index (χ1v) is 9.45. The molecule has 3 N–H and O–H groups in total. The maximum absolute atomic E-state index is 5.65. The van der Waals surface area contributed by atoms with E-state index >= 15 is 0 Å². The first kappa shape index (κ1) is 17.8. The molecule has 2 aliphatic rings. The third kappa shape index (κ3) is 3.50. The van der Waals surface area contributed by atoms with Crippen LogP contribution < -0.4 is 20.9 Å². The van der Waals surface area contributed by atoms with Gasteiger partial charge < -0.3 is 25.6 Å². The molecule has 0 unspecified atom stereocenters. The molecule has 0 aliphatic carbocycles. The minimum atomic E-state index is 0.243. The first-order chi connectivity index (χ1) is 13.2. The molecule has 2 aliphatic heterocycles. The largest absolute Gasteiger partial charge is 0.378 e. The van der Waals surface area contributed by atoms with Gasteiger partial charge in [0.1, 0.15) is 5.82 Å². The lowest BCUT2D eigenvalue weighted by Gasteiger charge is -2.28. The zero-order chi connectivity index (χ0) is 18.8. The number of morpholine rings is 1. The Morgan fingerprint density at radius 1 is 1.22 bits per heavy atom. The average Bonchev–Trinajstić information content (AvgIpc) is 3.13. The fraction of sp³-hybridized carbons (Fsp3) is 0.471. The standard InChI is InChI=1S/C17H22N8OS/c1-2-19-17(27)25-4-3-12-13(11-9-20-15(18)21-10-11)22-16(23-14(12)25)24-5-7-26-8-6-24/h9-10H,2-8H2,1H3,(H,19,27)(H2,18,20,21). The van der Waals surface area contributed by atoms with E-state index in [-0.39, 0.29) is 5.95 Å². The predicted molar refractivity (Wildman–Crippen MR) is 108 cm³/mol. The van der Waals surface area contributed by atoms with E-state index < -0.39 is 0 Å². The van der Waals surface area contributed by atoms with E-state index in [9.17, 15) is 0 Å². The summed E-state index contributed by atoms with van der Waals surface area (Å²) in [7, 11) is 0. The summed E-state index contributed by atoms with van der Waals surface area (Å²) < 4.78 is 5.46. The van der Waals surface area contributed by atoms with Gasteiger partial charge in [0.05, 0.1) is 18.9 Å². The lowest BCUT2D eigenvalue weighted by molar-refractivity contribution is 0.122. The number of thiocarbonyl (C=S) groups is 1. The van der Waals surface area contributed by atoms with Gasteiger partial charge in [0.25, 0.3) is 0 Å². The van der Waals surface area contributed by atoms with E-state index in [1.807, 2.05) is 11.8 Å². The highest BCUT2D eigenvalue weighted by atomic mass is 32.1. The van der Waals surface area contributed by atoms with Crippen molar-refractivity contribution in [3.63, 3.8) is 0 Å². The zero-order valence-electron chi connectivity index (χ0n) is 15.2. The smallest absolute Gasteiger partial charge is 0.228 e. The van der Waals surface area contributed by atoms with E-state index in [0.29, 0.717) is 24.3 Å². The normalized spacial score (nSPS) is 16.3. The van der Waals surface area contributed by atoms with E-state index in [4.69, 9.17) is 32.7 Å². The van der Waals surface area contributed by atoms with Crippen molar-refractivity contribution in [2.24, 2.45) is 0 Å². The zero-order valence-corrected chi connectivity index (χ0v) is 16.0. The van der Waals surface area contributed by atoms with Crippen molar-refractivity contribution in [1.29, 1.82) is 0 Å². The number of fused-ring (bicyclic) bond motifs is 1. The molecule has 27 heavy (non-hydrogen) atoms. The van der Waals surface area contributed by atoms with Gasteiger partial charge in [-0.25, -0.2) is 15.0 Å². The van der Waals surface area contributed by atoms with Crippen molar-refractivity contribution in [2.45, 2.75) is 13.3 Å². The molecule has 4 rings (SSSR count). The van der Waals surface area contributed by atoms with Crippen LogP contribution in [0.1, 0.15) is 12.5 Å². The number of nitrogen functional groups attached to an aromatic ring is 1.